The number of nitrogens with zero attached hydrogens (tertiary/aromatic N) is 1. The molecule has 0 fully saturated rings. The van der Waals surface area contributed by atoms with Crippen LogP contribution in [-0.4, -0.2) is 4.92 Å². The first-order valence-electron chi connectivity index (χ1n) is 6.74. The number of benzene rings is 2. The van der Waals surface area contributed by atoms with E-state index in [2.05, 4.69) is 6.92 Å². The second-order valence-corrected chi connectivity index (χ2v) is 4.94. The lowest BCUT2D eigenvalue weighted by molar-refractivity contribution is -0.385. The van der Waals surface area contributed by atoms with Gasteiger partial charge in [-0.1, -0.05) is 25.5 Å². The molecule has 2 rings (SSSR count). The summed E-state index contributed by atoms with van der Waals surface area (Å²) in [6.45, 7) is 2.13. The summed E-state index contributed by atoms with van der Waals surface area (Å²) < 4.78 is 5.71. The number of hydrogen-bond donors (Lipinski definition) is 0. The maximum atomic E-state index is 10.9. The largest absolute Gasteiger partial charge is 0.457 e. The van der Waals surface area contributed by atoms with E-state index < -0.39 is 4.92 Å². The van der Waals surface area contributed by atoms with Gasteiger partial charge in [-0.2, -0.15) is 0 Å². The lowest BCUT2D eigenvalue weighted by Gasteiger charge is -2.08. The van der Waals surface area contributed by atoms with Gasteiger partial charge in [0.05, 0.1) is 10.8 Å². The molecule has 110 valence electrons. The molecule has 0 atom stereocenters. The number of hydrogen-bond acceptors (Lipinski definition) is 3. The molecule has 0 N–H and O–H groups in total. The molecule has 0 heterocycles. The molecule has 4 nitrogen and oxygen atoms in total. The van der Waals surface area contributed by atoms with Crippen molar-refractivity contribution >= 4 is 17.3 Å². The Bertz CT molecular complexity index is 626. The molecule has 2 aromatic rings. The monoisotopic (exact) mass is 305 g/mol. The van der Waals surface area contributed by atoms with Crippen molar-refractivity contribution < 1.29 is 9.66 Å². The molecular formula is C16H16ClNO3. The second kappa shape index (κ2) is 7.09. The van der Waals surface area contributed by atoms with Crippen LogP contribution in [-0.2, 0) is 12.3 Å². The fourth-order valence-corrected chi connectivity index (χ4v) is 2.27. The summed E-state index contributed by atoms with van der Waals surface area (Å²) in [6, 6.07) is 12.4. The van der Waals surface area contributed by atoms with E-state index in [9.17, 15) is 10.1 Å². The van der Waals surface area contributed by atoms with Crippen molar-refractivity contribution in [2.75, 3.05) is 0 Å². The number of ether oxygens (including phenoxy) is 1. The van der Waals surface area contributed by atoms with Crippen LogP contribution in [0.3, 0.4) is 0 Å². The van der Waals surface area contributed by atoms with Crippen molar-refractivity contribution in [3.8, 4) is 11.5 Å². The van der Waals surface area contributed by atoms with E-state index in [1.165, 1.54) is 11.6 Å². The van der Waals surface area contributed by atoms with Gasteiger partial charge in [0.25, 0.3) is 5.69 Å². The maximum absolute atomic E-state index is 10.9. The van der Waals surface area contributed by atoms with Gasteiger partial charge in [0, 0.05) is 11.6 Å². The van der Waals surface area contributed by atoms with E-state index in [-0.39, 0.29) is 11.6 Å². The Labute approximate surface area is 128 Å². The third kappa shape index (κ3) is 3.95. The molecule has 0 amide bonds. The number of nitro groups is 1. The Morgan fingerprint density at radius 3 is 2.38 bits per heavy atom. The van der Waals surface area contributed by atoms with E-state index in [0.717, 1.165) is 12.8 Å². The molecule has 0 aliphatic heterocycles. The fraction of sp³-hybridized carbons (Fsp3) is 0.250. The van der Waals surface area contributed by atoms with Gasteiger partial charge < -0.3 is 4.74 Å². The molecule has 0 aliphatic rings. The van der Waals surface area contributed by atoms with Crippen LogP contribution in [0.25, 0.3) is 0 Å². The molecule has 0 radical (unpaired) electrons. The van der Waals surface area contributed by atoms with Crippen molar-refractivity contribution in [1.29, 1.82) is 0 Å². The van der Waals surface area contributed by atoms with Crippen LogP contribution in [0.5, 0.6) is 11.5 Å². The molecule has 21 heavy (non-hydrogen) atoms. The predicted octanol–water partition coefficient (Wildman–Crippen LogP) is 5.08. The van der Waals surface area contributed by atoms with Gasteiger partial charge in [-0.25, -0.2) is 0 Å². The van der Waals surface area contributed by atoms with Crippen molar-refractivity contribution in [2.45, 2.75) is 25.6 Å². The standard InChI is InChI=1S/C16H16ClNO3/c1-2-3-12-4-6-14(7-5-12)21-15-8-9-16(18(19)20)13(10-15)11-17/h4-10H,2-3,11H2,1H3. The molecule has 0 saturated carbocycles. The Morgan fingerprint density at radius 1 is 1.14 bits per heavy atom. The highest BCUT2D eigenvalue weighted by Gasteiger charge is 2.13. The Morgan fingerprint density at radius 2 is 1.81 bits per heavy atom. The fourth-order valence-electron chi connectivity index (χ4n) is 2.06. The van der Waals surface area contributed by atoms with Crippen molar-refractivity contribution in [2.24, 2.45) is 0 Å². The highest BCUT2D eigenvalue weighted by atomic mass is 35.5. The molecule has 0 saturated heterocycles. The molecule has 0 aliphatic carbocycles. The molecule has 2 aromatic carbocycles. The van der Waals surface area contributed by atoms with Crippen LogP contribution < -0.4 is 4.74 Å². The quantitative estimate of drug-likeness (QED) is 0.425. The summed E-state index contributed by atoms with van der Waals surface area (Å²) in [4.78, 5) is 10.4. The van der Waals surface area contributed by atoms with E-state index >= 15 is 0 Å². The lowest BCUT2D eigenvalue weighted by atomic mass is 10.1. The topological polar surface area (TPSA) is 52.4 Å². The Kier molecular flexibility index (Phi) is 5.17. The van der Waals surface area contributed by atoms with E-state index in [1.54, 1.807) is 12.1 Å². The van der Waals surface area contributed by atoms with Gasteiger partial charge in [0.1, 0.15) is 11.5 Å². The first kappa shape index (κ1) is 15.3. The number of alkyl halides is 1. The first-order valence-corrected chi connectivity index (χ1v) is 7.27. The zero-order valence-corrected chi connectivity index (χ0v) is 12.5. The van der Waals surface area contributed by atoms with Gasteiger partial charge in [0.2, 0.25) is 0 Å². The maximum Gasteiger partial charge on any atom is 0.274 e. The summed E-state index contributed by atoms with van der Waals surface area (Å²) in [5.41, 5.74) is 1.72. The Hall–Kier alpha value is -2.07. The summed E-state index contributed by atoms with van der Waals surface area (Å²) in [6.07, 6.45) is 2.13. The number of aryl methyl sites for hydroxylation is 1. The highest BCUT2D eigenvalue weighted by Crippen LogP contribution is 2.28. The van der Waals surface area contributed by atoms with Gasteiger partial charge in [-0.3, -0.25) is 10.1 Å². The van der Waals surface area contributed by atoms with Gasteiger partial charge >= 0.3 is 0 Å². The summed E-state index contributed by atoms with van der Waals surface area (Å²) >= 11 is 5.75. The average Bonchev–Trinajstić information content (AvgIpc) is 2.49. The van der Waals surface area contributed by atoms with Crippen molar-refractivity contribution in [3.63, 3.8) is 0 Å². The lowest BCUT2D eigenvalue weighted by Crippen LogP contribution is -1.94. The summed E-state index contributed by atoms with van der Waals surface area (Å²) in [5.74, 6) is 1.31. The zero-order chi connectivity index (χ0) is 15.2. The van der Waals surface area contributed by atoms with Crippen molar-refractivity contribution in [1.82, 2.24) is 0 Å². The zero-order valence-electron chi connectivity index (χ0n) is 11.7. The highest BCUT2D eigenvalue weighted by molar-refractivity contribution is 6.17. The summed E-state index contributed by atoms with van der Waals surface area (Å²) in [5, 5.41) is 10.9. The Balaban J connectivity index is 2.17. The first-order chi connectivity index (χ1) is 10.1. The van der Waals surface area contributed by atoms with Crippen molar-refractivity contribution in [3.05, 3.63) is 63.7 Å². The van der Waals surface area contributed by atoms with Crippen LogP contribution in [0.2, 0.25) is 0 Å². The van der Waals surface area contributed by atoms with Crippen LogP contribution in [0.4, 0.5) is 5.69 Å². The smallest absolute Gasteiger partial charge is 0.274 e. The number of halogens is 1. The van der Waals surface area contributed by atoms with Crippen LogP contribution in [0.1, 0.15) is 24.5 Å². The molecule has 0 bridgehead atoms. The van der Waals surface area contributed by atoms with E-state index in [4.69, 9.17) is 16.3 Å². The van der Waals surface area contributed by atoms with Crippen LogP contribution >= 0.6 is 11.6 Å². The molecule has 0 unspecified atom stereocenters. The minimum atomic E-state index is -0.443. The van der Waals surface area contributed by atoms with E-state index in [0.29, 0.717) is 17.1 Å². The SMILES string of the molecule is CCCc1ccc(Oc2ccc([N+](=O)[O-])c(CCl)c2)cc1. The predicted molar refractivity (Wildman–Crippen MR) is 83.2 cm³/mol. The molecular weight excluding hydrogens is 290 g/mol. The van der Waals surface area contributed by atoms with Gasteiger partial charge in [0.15, 0.2) is 0 Å². The van der Waals surface area contributed by atoms with E-state index in [1.807, 2.05) is 24.3 Å². The third-order valence-corrected chi connectivity index (χ3v) is 3.38. The molecule has 0 spiro atoms. The van der Waals surface area contributed by atoms with Crippen LogP contribution in [0, 0.1) is 10.1 Å². The molecule has 0 aromatic heterocycles. The second-order valence-electron chi connectivity index (χ2n) is 4.68. The average molecular weight is 306 g/mol. The number of nitro benzene ring substituents is 1. The third-order valence-electron chi connectivity index (χ3n) is 3.09. The van der Waals surface area contributed by atoms with Gasteiger partial charge in [-0.15, -0.1) is 11.6 Å². The van der Waals surface area contributed by atoms with Gasteiger partial charge in [-0.05, 0) is 36.2 Å². The number of rotatable bonds is 6. The minimum Gasteiger partial charge on any atom is -0.457 e. The normalized spacial score (nSPS) is 10.4. The van der Waals surface area contributed by atoms with Crippen LogP contribution in [0.15, 0.2) is 42.5 Å². The molecule has 5 heteroatoms. The summed E-state index contributed by atoms with van der Waals surface area (Å²) in [7, 11) is 0. The minimum absolute atomic E-state index is 0.00986.